The molecule has 1 heteroatoms. The number of hydrogen-bond donors (Lipinski definition) is 0. The van der Waals surface area contributed by atoms with Crippen molar-refractivity contribution in [3.63, 3.8) is 0 Å². The van der Waals surface area contributed by atoms with Crippen LogP contribution in [-0.4, -0.2) is 0 Å². The molecule has 3 saturated carbocycles. The van der Waals surface area contributed by atoms with E-state index in [9.17, 15) is 0 Å². The Morgan fingerprint density at radius 3 is 1.47 bits per heavy atom. The molecule has 3 bridgehead atoms. The highest BCUT2D eigenvalue weighted by atomic mass is 15.1. The molecule has 0 amide bonds. The van der Waals surface area contributed by atoms with Gasteiger partial charge in [0.2, 0.25) is 0 Å². The maximum absolute atomic E-state index is 2.72. The van der Waals surface area contributed by atoms with E-state index in [1.54, 1.807) is 11.1 Å². The molecule has 0 heterocycles. The van der Waals surface area contributed by atoms with Crippen molar-refractivity contribution in [2.45, 2.75) is 55.8 Å². The van der Waals surface area contributed by atoms with Crippen LogP contribution in [0, 0.1) is 23.7 Å². The minimum Gasteiger partial charge on any atom is -0.310 e. The van der Waals surface area contributed by atoms with Gasteiger partial charge in [-0.3, -0.25) is 0 Å². The second-order valence-corrected chi connectivity index (χ2v) is 19.5. The topological polar surface area (TPSA) is 3.24 Å². The van der Waals surface area contributed by atoms with E-state index < -0.39 is 5.41 Å². The monoisotopic (exact) mass is 797 g/mol. The van der Waals surface area contributed by atoms with Crippen LogP contribution in [0.4, 0.5) is 17.1 Å². The van der Waals surface area contributed by atoms with Gasteiger partial charge in [-0.1, -0.05) is 178 Å². The van der Waals surface area contributed by atoms with Gasteiger partial charge in [-0.25, -0.2) is 0 Å². The summed E-state index contributed by atoms with van der Waals surface area (Å²) in [7, 11) is 0. The predicted molar refractivity (Wildman–Crippen MR) is 256 cm³/mol. The second kappa shape index (κ2) is 13.3. The summed E-state index contributed by atoms with van der Waals surface area (Å²) in [4.78, 5) is 2.52. The third-order valence-electron chi connectivity index (χ3n) is 17.1. The Bertz CT molecular complexity index is 2890. The highest BCUT2D eigenvalue weighted by Gasteiger charge is 2.72. The van der Waals surface area contributed by atoms with Crippen molar-refractivity contribution in [1.82, 2.24) is 0 Å². The molecule has 5 aliphatic rings. The van der Waals surface area contributed by atoms with Crippen molar-refractivity contribution in [3.05, 3.63) is 234 Å². The molecule has 0 radical (unpaired) electrons. The van der Waals surface area contributed by atoms with Gasteiger partial charge in [0, 0.05) is 27.9 Å². The number of anilines is 3. The zero-order chi connectivity index (χ0) is 41.2. The van der Waals surface area contributed by atoms with E-state index in [0.29, 0.717) is 11.8 Å². The molecule has 3 fully saturated rings. The van der Waals surface area contributed by atoms with Gasteiger partial charge in [-0.05, 0) is 153 Å². The Morgan fingerprint density at radius 2 is 0.887 bits per heavy atom. The average molecular weight is 798 g/mol. The Hall–Kier alpha value is -6.44. The van der Waals surface area contributed by atoms with Gasteiger partial charge >= 0.3 is 0 Å². The summed E-state index contributed by atoms with van der Waals surface area (Å²) in [6, 6.07) is 76.4. The first-order chi connectivity index (χ1) is 30.5. The van der Waals surface area contributed by atoms with Gasteiger partial charge in [0.15, 0.2) is 0 Å². The summed E-state index contributed by atoms with van der Waals surface area (Å²) >= 11 is 0. The van der Waals surface area contributed by atoms with Crippen LogP contribution < -0.4 is 4.90 Å². The first kappa shape index (κ1) is 36.2. The molecule has 0 N–H and O–H groups in total. The third-order valence-corrected chi connectivity index (χ3v) is 17.1. The second-order valence-electron chi connectivity index (χ2n) is 19.5. The van der Waals surface area contributed by atoms with Crippen LogP contribution in [0.3, 0.4) is 0 Å². The van der Waals surface area contributed by atoms with Crippen molar-refractivity contribution in [2.75, 3.05) is 4.90 Å². The van der Waals surface area contributed by atoms with Crippen LogP contribution in [0.1, 0.15) is 72.9 Å². The zero-order valence-electron chi connectivity index (χ0n) is 35.6. The minimum absolute atomic E-state index is 0.0252. The number of hydrogen-bond acceptors (Lipinski definition) is 1. The Balaban J connectivity index is 1.11. The molecular formula is C61H51N. The lowest BCUT2D eigenvalue weighted by molar-refractivity contribution is 0.0204. The van der Waals surface area contributed by atoms with Crippen LogP contribution in [0.5, 0.6) is 0 Å². The van der Waals surface area contributed by atoms with Crippen LogP contribution in [0.15, 0.2) is 200 Å². The Morgan fingerprint density at radius 1 is 0.403 bits per heavy atom. The highest BCUT2D eigenvalue weighted by Crippen LogP contribution is 2.76. The SMILES string of the molecule is C[C@@H]1C[C@H]2C[C@H]3CC1CC21c2ccc(N(c4ccc(-c5ccccc5)cc4)c4ccc(-c5ccccc5)cc4)cc2C2(c4ccccc4-c4ccccc42)c2ccccc2[C@]31C. The van der Waals surface area contributed by atoms with E-state index in [2.05, 4.69) is 219 Å². The maximum atomic E-state index is 2.72. The van der Waals surface area contributed by atoms with Crippen molar-refractivity contribution < 1.29 is 0 Å². The molecule has 2 unspecified atom stereocenters. The minimum atomic E-state index is -0.477. The molecule has 8 aromatic carbocycles. The fraction of sp³-hybridized carbons (Fsp3) is 0.213. The van der Waals surface area contributed by atoms with Gasteiger partial charge in [0.05, 0.1) is 5.41 Å². The number of fused-ring (bicyclic) bond motifs is 10. The van der Waals surface area contributed by atoms with Crippen molar-refractivity contribution >= 4 is 17.1 Å². The summed E-state index contributed by atoms with van der Waals surface area (Å²) in [5, 5.41) is 0. The molecule has 2 spiro atoms. The quantitative estimate of drug-likeness (QED) is 0.168. The largest absolute Gasteiger partial charge is 0.310 e. The number of rotatable bonds is 5. The zero-order valence-corrected chi connectivity index (χ0v) is 35.6. The molecule has 300 valence electrons. The van der Waals surface area contributed by atoms with E-state index in [-0.39, 0.29) is 10.8 Å². The Kier molecular flexibility index (Phi) is 7.76. The first-order valence-electron chi connectivity index (χ1n) is 23.1. The molecule has 8 aromatic rings. The molecule has 0 aromatic heterocycles. The lowest BCUT2D eigenvalue weighted by Crippen LogP contribution is -2.56. The van der Waals surface area contributed by atoms with E-state index >= 15 is 0 Å². The van der Waals surface area contributed by atoms with Gasteiger partial charge in [-0.15, -0.1) is 0 Å². The van der Waals surface area contributed by atoms with Crippen molar-refractivity contribution in [1.29, 1.82) is 0 Å². The molecule has 62 heavy (non-hydrogen) atoms. The number of benzene rings is 8. The fourth-order valence-corrected chi connectivity index (χ4v) is 14.5. The first-order valence-corrected chi connectivity index (χ1v) is 23.1. The number of nitrogens with zero attached hydrogens (tertiary/aromatic N) is 1. The summed E-state index contributed by atoms with van der Waals surface area (Å²) < 4.78 is 0. The summed E-state index contributed by atoms with van der Waals surface area (Å²) in [5.41, 5.74) is 19.8. The van der Waals surface area contributed by atoms with E-state index in [1.807, 2.05) is 0 Å². The summed E-state index contributed by atoms with van der Waals surface area (Å²) in [6.07, 6.45) is 5.29. The fourth-order valence-electron chi connectivity index (χ4n) is 14.5. The van der Waals surface area contributed by atoms with Crippen molar-refractivity contribution in [3.8, 4) is 33.4 Å². The molecule has 6 atom stereocenters. The van der Waals surface area contributed by atoms with E-state index in [0.717, 1.165) is 23.2 Å². The normalized spacial score (nSPS) is 25.3. The third kappa shape index (κ3) is 4.69. The molecule has 13 rings (SSSR count). The lowest BCUT2D eigenvalue weighted by Gasteiger charge is -2.59. The molecule has 5 aliphatic carbocycles. The van der Waals surface area contributed by atoms with Gasteiger partial charge in [0.25, 0.3) is 0 Å². The molecular weight excluding hydrogens is 747 g/mol. The van der Waals surface area contributed by atoms with Crippen LogP contribution in [-0.2, 0) is 16.2 Å². The molecule has 1 nitrogen and oxygen atoms in total. The average Bonchev–Trinajstić information content (AvgIpc) is 3.55. The summed E-state index contributed by atoms with van der Waals surface area (Å²) in [6.45, 7) is 5.29. The summed E-state index contributed by atoms with van der Waals surface area (Å²) in [5.74, 6) is 2.84. The standard InChI is InChI=1S/C61H51N/c1-40-35-47-37-46-36-45(40)39-60(47)56-34-33-50(62(48-29-25-43(26-30-48)41-15-5-3-6-16-41)49-31-27-44(28-32-49)42-17-7-4-8-18-42)38-58(56)61(57-24-14-13-23-55(57)59(46,60)2)53-21-11-9-19-51(53)52-20-10-12-22-54(52)61/h3-34,38,40,45-47H,35-37,39H2,1-2H3/t40-,45?,46-,47+,59+,60?/m1/s1. The van der Waals surface area contributed by atoms with Crippen molar-refractivity contribution in [2.24, 2.45) is 23.7 Å². The molecule has 0 aliphatic heterocycles. The van der Waals surface area contributed by atoms with E-state index in [1.165, 1.54) is 87.0 Å². The van der Waals surface area contributed by atoms with Crippen LogP contribution in [0.25, 0.3) is 33.4 Å². The predicted octanol–water partition coefficient (Wildman–Crippen LogP) is 15.4. The highest BCUT2D eigenvalue weighted by molar-refractivity contribution is 5.89. The van der Waals surface area contributed by atoms with Gasteiger partial charge < -0.3 is 4.90 Å². The smallest absolute Gasteiger partial charge is 0.0720 e. The van der Waals surface area contributed by atoms with Gasteiger partial charge in [-0.2, -0.15) is 0 Å². The van der Waals surface area contributed by atoms with Gasteiger partial charge in [0.1, 0.15) is 0 Å². The van der Waals surface area contributed by atoms with Crippen LogP contribution >= 0.6 is 0 Å². The maximum Gasteiger partial charge on any atom is 0.0720 e. The Labute approximate surface area is 366 Å². The lowest BCUT2D eigenvalue weighted by atomic mass is 9.44. The van der Waals surface area contributed by atoms with Crippen LogP contribution in [0.2, 0.25) is 0 Å². The molecule has 0 saturated heterocycles. The van der Waals surface area contributed by atoms with E-state index in [4.69, 9.17) is 0 Å².